The van der Waals surface area contributed by atoms with Crippen LogP contribution in [0.4, 0.5) is 0 Å². The summed E-state index contributed by atoms with van der Waals surface area (Å²) in [6.45, 7) is 6.58. The van der Waals surface area contributed by atoms with E-state index in [1.165, 1.54) is 11.9 Å². The van der Waals surface area contributed by atoms with Gasteiger partial charge in [0.15, 0.2) is 0 Å². The molecule has 4 aliphatic rings. The minimum absolute atomic E-state index is 0. The van der Waals surface area contributed by atoms with Gasteiger partial charge in [-0.3, -0.25) is 4.79 Å². The predicted octanol–water partition coefficient (Wildman–Crippen LogP) is -0.628. The van der Waals surface area contributed by atoms with Crippen LogP contribution in [0.3, 0.4) is 0 Å². The molecule has 4 rings (SSSR count). The Balaban J connectivity index is 0.00000380. The smallest absolute Gasteiger partial charge is 0.748 e. The molecule has 4 aliphatic carbocycles. The number of hydrogen-bond acceptors (Lipinski definition) is 7. The molecule has 0 bridgehead atoms. The molecule has 0 aliphatic heterocycles. The molecule has 0 saturated heterocycles. The molecule has 4 fully saturated rings. The number of rotatable bonds is 7. The summed E-state index contributed by atoms with van der Waals surface area (Å²) in [4.78, 5) is 13.9. The van der Waals surface area contributed by atoms with Gasteiger partial charge in [0.1, 0.15) is 0 Å². The van der Waals surface area contributed by atoms with Crippen molar-refractivity contribution in [2.24, 2.45) is 46.3 Å². The molecule has 208 valence electrons. The molecule has 8 nitrogen and oxygen atoms in total. The number of hydrogen-bond donors (Lipinski definition) is 3. The second kappa shape index (κ2) is 12.0. The molecule has 0 aromatic rings. The predicted molar refractivity (Wildman–Crippen MR) is 135 cm³/mol. The molecular formula is C27H46KNO7S. The van der Waals surface area contributed by atoms with Crippen LogP contribution >= 0.6 is 0 Å². The van der Waals surface area contributed by atoms with E-state index in [2.05, 4.69) is 20.8 Å². The Morgan fingerprint density at radius 2 is 1.76 bits per heavy atom. The van der Waals surface area contributed by atoms with Gasteiger partial charge >= 0.3 is 51.4 Å². The Kier molecular flexibility index (Phi) is 10.5. The standard InChI is InChI=1S/C27H47NO7S.K/c1-16(5-8-24(32)28(4)11-12-36(33,34)35)19-6-7-20-25-21(15-23(31)27(19,20)3)26(2)10-9-18(29)13-17(26)14-22(25)30;/h16-23,25,29-31H,5-15H2,1-4H3,(H,33,34,35);/q;+1/p-1/t16-,17?,18-,19-,20?,21?,22-,23+,25?,26+,27-;/m1./s1. The van der Waals surface area contributed by atoms with Crippen molar-refractivity contribution >= 4 is 16.0 Å². The summed E-state index contributed by atoms with van der Waals surface area (Å²) in [5, 5.41) is 33.3. The van der Waals surface area contributed by atoms with Crippen LogP contribution in [0.2, 0.25) is 0 Å². The minimum Gasteiger partial charge on any atom is -0.748 e. The van der Waals surface area contributed by atoms with Crippen LogP contribution in [-0.2, 0) is 14.9 Å². The maximum Gasteiger partial charge on any atom is 1.00 e. The van der Waals surface area contributed by atoms with Crippen LogP contribution in [0.1, 0.15) is 78.6 Å². The fourth-order valence-corrected chi connectivity index (χ4v) is 9.75. The van der Waals surface area contributed by atoms with Gasteiger partial charge in [-0.05, 0) is 97.7 Å². The van der Waals surface area contributed by atoms with Gasteiger partial charge in [-0.1, -0.05) is 20.8 Å². The van der Waals surface area contributed by atoms with Crippen molar-refractivity contribution in [3.05, 3.63) is 0 Å². The number of aliphatic hydroxyl groups excluding tert-OH is 3. The van der Waals surface area contributed by atoms with E-state index in [9.17, 15) is 33.1 Å². The van der Waals surface area contributed by atoms with E-state index in [1.807, 2.05) is 0 Å². The van der Waals surface area contributed by atoms with Crippen molar-refractivity contribution in [1.29, 1.82) is 0 Å². The van der Waals surface area contributed by atoms with Gasteiger partial charge in [0.05, 0.1) is 34.2 Å². The van der Waals surface area contributed by atoms with Gasteiger partial charge in [-0.25, -0.2) is 8.42 Å². The number of aliphatic hydroxyl groups is 3. The van der Waals surface area contributed by atoms with Crippen molar-refractivity contribution in [3.8, 4) is 0 Å². The van der Waals surface area contributed by atoms with E-state index in [0.717, 1.165) is 38.5 Å². The van der Waals surface area contributed by atoms with Gasteiger partial charge in [-0.15, -0.1) is 0 Å². The van der Waals surface area contributed by atoms with Crippen LogP contribution in [-0.4, -0.2) is 76.8 Å². The Bertz CT molecular complexity index is 934. The Labute approximate surface area is 265 Å². The first kappa shape index (κ1) is 32.4. The zero-order chi connectivity index (χ0) is 26.6. The zero-order valence-electron chi connectivity index (χ0n) is 23.3. The SMILES string of the molecule is C[C@H](CCC(=O)N(C)CCS(=O)(=O)[O-])[C@H]1CCC2C3C(C[C@H](O)[C@@]21C)[C@@]1(C)CC[C@@H](O)CC1C[C@H]3O.[K+]. The molecular weight excluding hydrogens is 521 g/mol. The van der Waals surface area contributed by atoms with Crippen molar-refractivity contribution in [2.45, 2.75) is 96.9 Å². The summed E-state index contributed by atoms with van der Waals surface area (Å²) < 4.78 is 32.7. The largest absolute Gasteiger partial charge is 1.00 e. The Morgan fingerprint density at radius 3 is 2.41 bits per heavy atom. The average Bonchev–Trinajstić information content (AvgIpc) is 3.15. The molecule has 37 heavy (non-hydrogen) atoms. The van der Waals surface area contributed by atoms with E-state index in [-0.39, 0.29) is 117 Å². The first-order chi connectivity index (χ1) is 16.7. The Morgan fingerprint density at radius 1 is 1.08 bits per heavy atom. The van der Waals surface area contributed by atoms with Crippen LogP contribution in [0.5, 0.6) is 0 Å². The van der Waals surface area contributed by atoms with Gasteiger partial charge in [0, 0.05) is 20.0 Å². The molecule has 1 amide bonds. The molecule has 4 unspecified atom stereocenters. The van der Waals surface area contributed by atoms with Gasteiger partial charge < -0.3 is 24.8 Å². The topological polar surface area (TPSA) is 138 Å². The fourth-order valence-electron chi connectivity index (χ4n) is 9.25. The molecule has 3 N–H and O–H groups in total. The number of carbonyl (C=O) groups excluding carboxylic acids is 1. The summed E-state index contributed by atoms with van der Waals surface area (Å²) in [7, 11) is -2.83. The molecule has 0 heterocycles. The molecule has 0 aromatic heterocycles. The van der Waals surface area contributed by atoms with E-state index >= 15 is 0 Å². The fraction of sp³-hybridized carbons (Fsp3) is 0.963. The van der Waals surface area contributed by atoms with E-state index in [1.54, 1.807) is 0 Å². The number of amides is 1. The summed E-state index contributed by atoms with van der Waals surface area (Å²) in [5.74, 6) is 0.634. The van der Waals surface area contributed by atoms with Crippen LogP contribution in [0.15, 0.2) is 0 Å². The van der Waals surface area contributed by atoms with E-state index in [0.29, 0.717) is 18.8 Å². The van der Waals surface area contributed by atoms with E-state index in [4.69, 9.17) is 0 Å². The maximum atomic E-state index is 12.6. The molecule has 0 radical (unpaired) electrons. The normalized spacial score (nSPS) is 44.1. The Hall–Kier alpha value is 0.896. The quantitative estimate of drug-likeness (QED) is 0.275. The third-order valence-electron chi connectivity index (χ3n) is 11.4. The van der Waals surface area contributed by atoms with Crippen molar-refractivity contribution in [1.82, 2.24) is 4.90 Å². The molecule has 0 aromatic carbocycles. The second-order valence-corrected chi connectivity index (χ2v) is 14.6. The molecule has 0 spiro atoms. The molecule has 11 atom stereocenters. The number of carbonyl (C=O) groups is 1. The molecule has 10 heteroatoms. The van der Waals surface area contributed by atoms with Crippen LogP contribution in [0.25, 0.3) is 0 Å². The van der Waals surface area contributed by atoms with Crippen molar-refractivity contribution in [2.75, 3.05) is 19.3 Å². The van der Waals surface area contributed by atoms with Crippen LogP contribution < -0.4 is 51.4 Å². The second-order valence-electron chi connectivity index (χ2n) is 13.1. The first-order valence-corrected chi connectivity index (χ1v) is 15.5. The summed E-state index contributed by atoms with van der Waals surface area (Å²) >= 11 is 0. The summed E-state index contributed by atoms with van der Waals surface area (Å²) in [6.07, 6.45) is 5.62. The maximum absolute atomic E-state index is 12.6. The third kappa shape index (κ3) is 6.23. The summed E-state index contributed by atoms with van der Waals surface area (Å²) in [6, 6.07) is 0. The van der Waals surface area contributed by atoms with Crippen LogP contribution in [0, 0.1) is 46.3 Å². The number of fused-ring (bicyclic) bond motifs is 5. The minimum atomic E-state index is -4.36. The third-order valence-corrected chi connectivity index (χ3v) is 12.1. The summed E-state index contributed by atoms with van der Waals surface area (Å²) in [5.41, 5.74) is -0.270. The molecule has 4 saturated carbocycles. The van der Waals surface area contributed by atoms with Crippen molar-refractivity contribution < 1.29 is 84.5 Å². The average molecular weight is 568 g/mol. The monoisotopic (exact) mass is 567 g/mol. The van der Waals surface area contributed by atoms with Gasteiger partial charge in [-0.2, -0.15) is 0 Å². The van der Waals surface area contributed by atoms with Gasteiger partial charge in [0.25, 0.3) is 0 Å². The zero-order valence-corrected chi connectivity index (χ0v) is 27.2. The van der Waals surface area contributed by atoms with E-state index < -0.39 is 28.1 Å². The number of nitrogens with zero attached hydrogens (tertiary/aromatic N) is 1. The first-order valence-electron chi connectivity index (χ1n) is 13.9. The van der Waals surface area contributed by atoms with Crippen molar-refractivity contribution in [3.63, 3.8) is 0 Å². The van der Waals surface area contributed by atoms with Gasteiger partial charge in [0.2, 0.25) is 5.91 Å².